The fourth-order valence-electron chi connectivity index (χ4n) is 1.55. The highest BCUT2D eigenvalue weighted by Crippen LogP contribution is 2.35. The second-order valence-corrected chi connectivity index (χ2v) is 4.34. The van der Waals surface area contributed by atoms with Crippen LogP contribution in [0.15, 0.2) is 4.60 Å². The van der Waals surface area contributed by atoms with Gasteiger partial charge in [0.1, 0.15) is 10.4 Å². The fourth-order valence-corrected chi connectivity index (χ4v) is 1.98. The SMILES string of the molecule is O=C(O)Cc1[nH]c(C2CCC2)nc1Br. The van der Waals surface area contributed by atoms with Crippen LogP contribution < -0.4 is 0 Å². The minimum Gasteiger partial charge on any atom is -0.481 e. The maximum Gasteiger partial charge on any atom is 0.309 e. The minimum atomic E-state index is -0.838. The number of hydrogen-bond donors (Lipinski definition) is 2. The number of nitrogens with zero attached hydrogens (tertiary/aromatic N) is 1. The van der Waals surface area contributed by atoms with Gasteiger partial charge in [-0.05, 0) is 28.8 Å². The number of aliphatic carboxylic acids is 1. The van der Waals surface area contributed by atoms with E-state index in [1.807, 2.05) is 0 Å². The molecule has 1 fully saturated rings. The average Bonchev–Trinajstić information content (AvgIpc) is 2.27. The molecule has 76 valence electrons. The largest absolute Gasteiger partial charge is 0.481 e. The Hall–Kier alpha value is -0.840. The van der Waals surface area contributed by atoms with Gasteiger partial charge in [0.15, 0.2) is 0 Å². The zero-order chi connectivity index (χ0) is 10.1. The van der Waals surface area contributed by atoms with Crippen molar-refractivity contribution in [3.63, 3.8) is 0 Å². The number of H-pyrrole nitrogens is 1. The summed E-state index contributed by atoms with van der Waals surface area (Å²) in [6, 6.07) is 0. The minimum absolute atomic E-state index is 0.000301. The van der Waals surface area contributed by atoms with E-state index >= 15 is 0 Å². The van der Waals surface area contributed by atoms with Crippen molar-refractivity contribution < 1.29 is 9.90 Å². The van der Waals surface area contributed by atoms with Crippen LogP contribution in [0.2, 0.25) is 0 Å². The molecule has 1 aromatic heterocycles. The highest BCUT2D eigenvalue weighted by molar-refractivity contribution is 9.10. The van der Waals surface area contributed by atoms with Crippen molar-refractivity contribution in [3.05, 3.63) is 16.1 Å². The van der Waals surface area contributed by atoms with Crippen molar-refractivity contribution in [1.29, 1.82) is 0 Å². The predicted octanol–water partition coefficient (Wildman–Crippen LogP) is 2.07. The summed E-state index contributed by atoms with van der Waals surface area (Å²) in [5.74, 6) is 0.600. The molecule has 0 atom stereocenters. The van der Waals surface area contributed by atoms with Crippen LogP contribution in [0.5, 0.6) is 0 Å². The highest BCUT2D eigenvalue weighted by atomic mass is 79.9. The van der Waals surface area contributed by atoms with E-state index in [0.717, 1.165) is 18.7 Å². The number of carbonyl (C=O) groups is 1. The summed E-state index contributed by atoms with van der Waals surface area (Å²) in [5, 5.41) is 8.64. The van der Waals surface area contributed by atoms with E-state index in [1.165, 1.54) is 6.42 Å². The third-order valence-electron chi connectivity index (χ3n) is 2.57. The van der Waals surface area contributed by atoms with Gasteiger partial charge in [0.05, 0.1) is 12.1 Å². The quantitative estimate of drug-likeness (QED) is 0.873. The molecule has 14 heavy (non-hydrogen) atoms. The lowest BCUT2D eigenvalue weighted by molar-refractivity contribution is -0.136. The van der Waals surface area contributed by atoms with Gasteiger partial charge < -0.3 is 10.1 Å². The van der Waals surface area contributed by atoms with Gasteiger partial charge >= 0.3 is 5.97 Å². The molecule has 0 radical (unpaired) electrons. The number of halogens is 1. The number of imidazole rings is 1. The summed E-state index contributed by atoms with van der Waals surface area (Å²) in [6.07, 6.45) is 3.57. The van der Waals surface area contributed by atoms with Crippen LogP contribution in [0.4, 0.5) is 0 Å². The number of aromatic nitrogens is 2. The van der Waals surface area contributed by atoms with Crippen LogP contribution >= 0.6 is 15.9 Å². The molecule has 0 spiro atoms. The molecule has 2 rings (SSSR count). The molecule has 5 heteroatoms. The van der Waals surface area contributed by atoms with E-state index in [0.29, 0.717) is 16.2 Å². The van der Waals surface area contributed by atoms with Gasteiger partial charge in [-0.3, -0.25) is 4.79 Å². The van der Waals surface area contributed by atoms with E-state index < -0.39 is 5.97 Å². The molecule has 4 nitrogen and oxygen atoms in total. The van der Waals surface area contributed by atoms with Crippen LogP contribution in [-0.2, 0) is 11.2 Å². The summed E-state index contributed by atoms with van der Waals surface area (Å²) in [5.41, 5.74) is 0.666. The fraction of sp³-hybridized carbons (Fsp3) is 0.556. The number of rotatable bonds is 3. The number of carboxylic acid groups (broad SMARTS) is 1. The second kappa shape index (κ2) is 3.73. The second-order valence-electron chi connectivity index (χ2n) is 3.59. The first-order valence-corrected chi connectivity index (χ1v) is 5.42. The smallest absolute Gasteiger partial charge is 0.309 e. The average molecular weight is 259 g/mol. The van der Waals surface area contributed by atoms with Crippen molar-refractivity contribution in [2.75, 3.05) is 0 Å². The van der Waals surface area contributed by atoms with Crippen LogP contribution in [0.1, 0.15) is 36.7 Å². The Kier molecular flexibility index (Phi) is 2.58. The van der Waals surface area contributed by atoms with E-state index in [-0.39, 0.29) is 6.42 Å². The van der Waals surface area contributed by atoms with Gasteiger partial charge in [-0.15, -0.1) is 0 Å². The zero-order valence-corrected chi connectivity index (χ0v) is 9.17. The summed E-state index contributed by atoms with van der Waals surface area (Å²) in [4.78, 5) is 17.9. The van der Waals surface area contributed by atoms with E-state index in [2.05, 4.69) is 25.9 Å². The summed E-state index contributed by atoms with van der Waals surface area (Å²) < 4.78 is 0.641. The van der Waals surface area contributed by atoms with Gasteiger partial charge in [0.25, 0.3) is 0 Å². The number of carboxylic acids is 1. The molecule has 2 N–H and O–H groups in total. The summed E-state index contributed by atoms with van der Waals surface area (Å²) >= 11 is 3.26. The van der Waals surface area contributed by atoms with Crippen LogP contribution in [0.3, 0.4) is 0 Å². The maximum absolute atomic E-state index is 10.5. The van der Waals surface area contributed by atoms with E-state index in [4.69, 9.17) is 5.11 Å². The molecule has 1 saturated carbocycles. The molecular formula is C9H11BrN2O2. The Labute approximate surface area is 89.9 Å². The van der Waals surface area contributed by atoms with Crippen LogP contribution in [-0.4, -0.2) is 21.0 Å². The number of aromatic amines is 1. The number of nitrogens with one attached hydrogen (secondary N) is 1. The van der Waals surface area contributed by atoms with Gasteiger partial charge in [0.2, 0.25) is 0 Å². The molecule has 0 unspecified atom stereocenters. The van der Waals surface area contributed by atoms with E-state index in [1.54, 1.807) is 0 Å². The van der Waals surface area contributed by atoms with Crippen molar-refractivity contribution in [3.8, 4) is 0 Å². The van der Waals surface area contributed by atoms with Gasteiger partial charge in [0, 0.05) is 5.92 Å². The van der Waals surface area contributed by atoms with Crippen molar-refractivity contribution in [1.82, 2.24) is 9.97 Å². The molecule has 0 saturated heterocycles. The molecule has 1 aliphatic carbocycles. The first kappa shape index (κ1) is 9.71. The van der Waals surface area contributed by atoms with Crippen molar-refractivity contribution in [2.45, 2.75) is 31.6 Å². The normalized spacial score (nSPS) is 16.6. The molecule has 1 aromatic rings. The van der Waals surface area contributed by atoms with Gasteiger partial charge in [-0.25, -0.2) is 4.98 Å². The summed E-state index contributed by atoms with van der Waals surface area (Å²) in [6.45, 7) is 0. The third kappa shape index (κ3) is 1.82. The standard InChI is InChI=1S/C9H11BrN2O2/c10-8-6(4-7(13)14)11-9(12-8)5-2-1-3-5/h5H,1-4H2,(H,11,12)(H,13,14). The van der Waals surface area contributed by atoms with Crippen molar-refractivity contribution >= 4 is 21.9 Å². The molecular weight excluding hydrogens is 248 g/mol. The van der Waals surface area contributed by atoms with Crippen molar-refractivity contribution in [2.24, 2.45) is 0 Å². The first-order chi connectivity index (χ1) is 6.66. The maximum atomic E-state index is 10.5. The Morgan fingerprint density at radius 3 is 2.86 bits per heavy atom. The Morgan fingerprint density at radius 1 is 1.64 bits per heavy atom. The summed E-state index contributed by atoms with van der Waals surface area (Å²) in [7, 11) is 0. The lowest BCUT2D eigenvalue weighted by atomic mass is 9.85. The molecule has 0 amide bonds. The Bertz CT molecular complexity index is 358. The van der Waals surface area contributed by atoms with Gasteiger partial charge in [-0.2, -0.15) is 0 Å². The third-order valence-corrected chi connectivity index (χ3v) is 3.22. The predicted molar refractivity (Wildman–Crippen MR) is 54.2 cm³/mol. The number of hydrogen-bond acceptors (Lipinski definition) is 2. The van der Waals surface area contributed by atoms with Gasteiger partial charge in [-0.1, -0.05) is 6.42 Å². The van der Waals surface area contributed by atoms with E-state index in [9.17, 15) is 4.79 Å². The molecule has 1 heterocycles. The van der Waals surface area contributed by atoms with Crippen LogP contribution in [0, 0.1) is 0 Å². The Morgan fingerprint density at radius 2 is 2.36 bits per heavy atom. The zero-order valence-electron chi connectivity index (χ0n) is 7.59. The molecule has 0 aromatic carbocycles. The monoisotopic (exact) mass is 258 g/mol. The van der Waals surface area contributed by atoms with Crippen LogP contribution in [0.25, 0.3) is 0 Å². The topological polar surface area (TPSA) is 66.0 Å². The molecule has 0 aliphatic heterocycles. The Balaban J connectivity index is 2.16. The highest BCUT2D eigenvalue weighted by Gasteiger charge is 2.24. The lowest BCUT2D eigenvalue weighted by Gasteiger charge is -2.22. The first-order valence-electron chi connectivity index (χ1n) is 4.63. The molecule has 1 aliphatic rings. The molecule has 0 bridgehead atoms. The lowest BCUT2D eigenvalue weighted by Crippen LogP contribution is -2.10.